The van der Waals surface area contributed by atoms with Crippen LogP contribution in [0.3, 0.4) is 0 Å². The Morgan fingerprint density at radius 1 is 1.07 bits per heavy atom. The van der Waals surface area contributed by atoms with E-state index in [4.69, 9.17) is 4.74 Å². The summed E-state index contributed by atoms with van der Waals surface area (Å²) in [6.07, 6.45) is 0. The van der Waals surface area contributed by atoms with Gasteiger partial charge in [-0.3, -0.25) is 9.69 Å². The van der Waals surface area contributed by atoms with E-state index in [-0.39, 0.29) is 5.69 Å². The third kappa shape index (κ3) is 4.22. The molecule has 28 heavy (non-hydrogen) atoms. The minimum Gasteiger partial charge on any atom is -0.497 e. The van der Waals surface area contributed by atoms with Crippen molar-refractivity contribution in [3.8, 4) is 5.75 Å². The number of ether oxygens (including phenoxy) is 1. The third-order valence-corrected chi connectivity index (χ3v) is 4.95. The molecule has 5 nitrogen and oxygen atoms in total. The Morgan fingerprint density at radius 3 is 2.46 bits per heavy atom. The average molecular weight is 393 g/mol. The summed E-state index contributed by atoms with van der Waals surface area (Å²) >= 11 is 0. The Labute approximate surface area is 161 Å². The molecule has 0 unspecified atom stereocenters. The van der Waals surface area contributed by atoms with Gasteiger partial charge in [0, 0.05) is 37.9 Å². The van der Waals surface area contributed by atoms with E-state index in [1.165, 1.54) is 0 Å². The SMILES string of the molecule is COc1cccc(N2CCN([C@@H](C)C(=O)Nc3ccc(F)c(F)c3F)CC2)c1. The predicted octanol–water partition coefficient (Wildman–Crippen LogP) is 3.26. The van der Waals surface area contributed by atoms with Crippen molar-refractivity contribution in [3.63, 3.8) is 0 Å². The van der Waals surface area contributed by atoms with Gasteiger partial charge in [-0.15, -0.1) is 0 Å². The molecule has 1 atom stereocenters. The highest BCUT2D eigenvalue weighted by molar-refractivity contribution is 5.94. The van der Waals surface area contributed by atoms with Gasteiger partial charge in [0.2, 0.25) is 5.91 Å². The molecule has 0 aromatic heterocycles. The largest absolute Gasteiger partial charge is 0.497 e. The Bertz CT molecular complexity index is 855. The second kappa shape index (κ2) is 8.52. The number of nitrogens with zero attached hydrogens (tertiary/aromatic N) is 2. The number of rotatable bonds is 5. The number of hydrogen-bond donors (Lipinski definition) is 1. The first-order valence-corrected chi connectivity index (χ1v) is 8.98. The van der Waals surface area contributed by atoms with Crippen LogP contribution in [0, 0.1) is 17.5 Å². The molecule has 1 amide bonds. The maximum absolute atomic E-state index is 13.8. The van der Waals surface area contributed by atoms with Crippen molar-refractivity contribution in [2.75, 3.05) is 43.5 Å². The van der Waals surface area contributed by atoms with Crippen LogP contribution in [-0.2, 0) is 4.79 Å². The van der Waals surface area contributed by atoms with Crippen LogP contribution in [0.15, 0.2) is 36.4 Å². The number of halogens is 3. The summed E-state index contributed by atoms with van der Waals surface area (Å²) in [5.41, 5.74) is 0.672. The Balaban J connectivity index is 1.59. The zero-order chi connectivity index (χ0) is 20.3. The molecule has 8 heteroatoms. The van der Waals surface area contributed by atoms with Gasteiger partial charge in [-0.1, -0.05) is 6.07 Å². The molecule has 1 fully saturated rings. The summed E-state index contributed by atoms with van der Waals surface area (Å²) < 4.78 is 45.4. The second-order valence-corrected chi connectivity index (χ2v) is 6.61. The number of carbonyl (C=O) groups excluding carboxylic acids is 1. The molecule has 0 radical (unpaired) electrons. The summed E-state index contributed by atoms with van der Waals surface area (Å²) in [5.74, 6) is -3.99. The number of methoxy groups -OCH3 is 1. The van der Waals surface area contributed by atoms with Crippen molar-refractivity contribution in [2.24, 2.45) is 0 Å². The van der Waals surface area contributed by atoms with Gasteiger partial charge < -0.3 is 15.0 Å². The first-order valence-electron chi connectivity index (χ1n) is 8.98. The van der Waals surface area contributed by atoms with E-state index >= 15 is 0 Å². The summed E-state index contributed by atoms with van der Waals surface area (Å²) in [6, 6.07) is 9.01. The molecule has 2 aromatic carbocycles. The molecule has 0 saturated carbocycles. The average Bonchev–Trinajstić information content (AvgIpc) is 2.73. The molecular weight excluding hydrogens is 371 g/mol. The summed E-state index contributed by atoms with van der Waals surface area (Å²) in [5, 5.41) is 2.34. The molecule has 1 heterocycles. The summed E-state index contributed by atoms with van der Waals surface area (Å²) in [6.45, 7) is 4.39. The van der Waals surface area contributed by atoms with Crippen LogP contribution in [0.5, 0.6) is 5.75 Å². The quantitative estimate of drug-likeness (QED) is 0.792. The lowest BCUT2D eigenvalue weighted by molar-refractivity contribution is -0.120. The fourth-order valence-corrected chi connectivity index (χ4v) is 3.20. The zero-order valence-corrected chi connectivity index (χ0v) is 15.7. The van der Waals surface area contributed by atoms with Crippen molar-refractivity contribution < 1.29 is 22.7 Å². The summed E-state index contributed by atoms with van der Waals surface area (Å²) in [7, 11) is 1.62. The van der Waals surface area contributed by atoms with Gasteiger partial charge in [0.1, 0.15) is 5.75 Å². The van der Waals surface area contributed by atoms with Crippen LogP contribution < -0.4 is 15.0 Å². The van der Waals surface area contributed by atoms with E-state index in [1.807, 2.05) is 29.2 Å². The molecule has 150 valence electrons. The highest BCUT2D eigenvalue weighted by Crippen LogP contribution is 2.23. The molecular formula is C20H22F3N3O2. The summed E-state index contributed by atoms with van der Waals surface area (Å²) in [4.78, 5) is 16.6. The highest BCUT2D eigenvalue weighted by atomic mass is 19.2. The molecule has 0 aliphatic carbocycles. The molecule has 3 rings (SSSR count). The number of carbonyl (C=O) groups is 1. The first kappa shape index (κ1) is 20.0. The highest BCUT2D eigenvalue weighted by Gasteiger charge is 2.27. The van der Waals surface area contributed by atoms with E-state index in [2.05, 4.69) is 10.2 Å². The van der Waals surface area contributed by atoms with Crippen molar-refractivity contribution in [2.45, 2.75) is 13.0 Å². The Kier molecular flexibility index (Phi) is 6.08. The van der Waals surface area contributed by atoms with Gasteiger partial charge in [0.15, 0.2) is 17.5 Å². The molecule has 0 bridgehead atoms. The lowest BCUT2D eigenvalue weighted by atomic mass is 10.2. The standard InChI is InChI=1S/C20H22F3N3O2/c1-13(20(27)24-17-7-6-16(21)18(22)19(17)23)25-8-10-26(11-9-25)14-4-3-5-15(12-14)28-2/h3-7,12-13H,8-11H2,1-2H3,(H,24,27)/t13-/m0/s1. The molecule has 1 aliphatic heterocycles. The monoisotopic (exact) mass is 393 g/mol. The Morgan fingerprint density at radius 2 is 1.79 bits per heavy atom. The van der Waals surface area contributed by atoms with Crippen molar-refractivity contribution in [3.05, 3.63) is 53.8 Å². The number of amides is 1. The van der Waals surface area contributed by atoms with Gasteiger partial charge in [-0.2, -0.15) is 0 Å². The van der Waals surface area contributed by atoms with Gasteiger partial charge in [0.25, 0.3) is 0 Å². The molecule has 1 N–H and O–H groups in total. The van der Waals surface area contributed by atoms with Gasteiger partial charge in [-0.05, 0) is 31.2 Å². The number of hydrogen-bond acceptors (Lipinski definition) is 4. The maximum Gasteiger partial charge on any atom is 0.241 e. The topological polar surface area (TPSA) is 44.8 Å². The fourth-order valence-electron chi connectivity index (χ4n) is 3.20. The smallest absolute Gasteiger partial charge is 0.241 e. The zero-order valence-electron chi connectivity index (χ0n) is 15.7. The van der Waals surface area contributed by atoms with Crippen LogP contribution >= 0.6 is 0 Å². The number of nitrogens with one attached hydrogen (secondary N) is 1. The van der Waals surface area contributed by atoms with Crippen molar-refractivity contribution in [1.29, 1.82) is 0 Å². The van der Waals surface area contributed by atoms with E-state index in [0.717, 1.165) is 23.6 Å². The normalized spacial score (nSPS) is 16.0. The maximum atomic E-state index is 13.8. The Hall–Kier alpha value is -2.74. The van der Waals surface area contributed by atoms with Gasteiger partial charge >= 0.3 is 0 Å². The molecule has 0 spiro atoms. The third-order valence-electron chi connectivity index (χ3n) is 4.95. The van der Waals surface area contributed by atoms with Crippen LogP contribution in [0.25, 0.3) is 0 Å². The van der Waals surface area contributed by atoms with E-state index in [0.29, 0.717) is 26.2 Å². The second-order valence-electron chi connectivity index (χ2n) is 6.61. The van der Waals surface area contributed by atoms with Crippen molar-refractivity contribution >= 4 is 17.3 Å². The minimum atomic E-state index is -1.60. The van der Waals surface area contributed by atoms with Crippen LogP contribution in [0.1, 0.15) is 6.92 Å². The van der Waals surface area contributed by atoms with Crippen LogP contribution in [0.4, 0.5) is 24.5 Å². The number of anilines is 2. The lowest BCUT2D eigenvalue weighted by Crippen LogP contribution is -2.52. The van der Waals surface area contributed by atoms with E-state index < -0.39 is 29.4 Å². The fraction of sp³-hybridized carbons (Fsp3) is 0.350. The van der Waals surface area contributed by atoms with Gasteiger partial charge in [-0.25, -0.2) is 13.2 Å². The molecule has 1 aliphatic rings. The van der Waals surface area contributed by atoms with E-state index in [9.17, 15) is 18.0 Å². The predicted molar refractivity (Wildman–Crippen MR) is 101 cm³/mol. The lowest BCUT2D eigenvalue weighted by Gasteiger charge is -2.38. The number of benzene rings is 2. The van der Waals surface area contributed by atoms with Gasteiger partial charge in [0.05, 0.1) is 18.8 Å². The first-order chi connectivity index (χ1) is 13.4. The van der Waals surface area contributed by atoms with Crippen LogP contribution in [0.2, 0.25) is 0 Å². The molecule has 1 saturated heterocycles. The van der Waals surface area contributed by atoms with Crippen molar-refractivity contribution in [1.82, 2.24) is 4.90 Å². The van der Waals surface area contributed by atoms with Crippen LogP contribution in [-0.4, -0.2) is 50.1 Å². The minimum absolute atomic E-state index is 0.370. The number of piperazine rings is 1. The van der Waals surface area contributed by atoms with E-state index in [1.54, 1.807) is 14.0 Å². The molecule has 2 aromatic rings.